The second-order valence-electron chi connectivity index (χ2n) is 3.84. The van der Waals surface area contributed by atoms with E-state index in [-0.39, 0.29) is 12.3 Å². The number of carbonyl (C=O) groups is 5. The highest BCUT2D eigenvalue weighted by Gasteiger charge is 2.22. The molecule has 0 spiro atoms. The van der Waals surface area contributed by atoms with Gasteiger partial charge in [-0.3, -0.25) is 19.2 Å². The standard InChI is InChI=1S/C10H16N4O6S/c11-6(15)1-5(10(19)20)14-8(17)3-12-7(16)2-13-9(18)4-21/h5,21H,1-4H2,(H2,11,15)(H,12,16)(H,13,18)(H,14,17)(H,19,20)/t5-/m0/s1. The van der Waals surface area contributed by atoms with E-state index in [1.807, 2.05) is 5.32 Å². The van der Waals surface area contributed by atoms with Gasteiger partial charge in [0.1, 0.15) is 6.04 Å². The molecule has 21 heavy (non-hydrogen) atoms. The molecule has 0 aliphatic rings. The number of aliphatic carboxylic acids is 1. The minimum absolute atomic E-state index is 0.0822. The normalized spacial score (nSPS) is 11.1. The van der Waals surface area contributed by atoms with E-state index < -0.39 is 48.6 Å². The third-order valence-corrected chi connectivity index (χ3v) is 2.36. The van der Waals surface area contributed by atoms with E-state index in [1.165, 1.54) is 0 Å². The van der Waals surface area contributed by atoms with E-state index >= 15 is 0 Å². The van der Waals surface area contributed by atoms with Crippen LogP contribution < -0.4 is 21.7 Å². The molecule has 0 saturated heterocycles. The SMILES string of the molecule is NC(=O)C[C@H](NC(=O)CNC(=O)CNC(=O)CS)C(=O)O. The average molecular weight is 320 g/mol. The molecule has 0 aliphatic carbocycles. The van der Waals surface area contributed by atoms with Gasteiger partial charge in [0.2, 0.25) is 23.6 Å². The first-order valence-corrected chi connectivity index (χ1v) is 6.34. The van der Waals surface area contributed by atoms with Crippen LogP contribution in [0.1, 0.15) is 6.42 Å². The highest BCUT2D eigenvalue weighted by molar-refractivity contribution is 7.81. The Kier molecular flexibility index (Phi) is 8.53. The first-order valence-electron chi connectivity index (χ1n) is 5.71. The monoisotopic (exact) mass is 320 g/mol. The molecule has 118 valence electrons. The maximum Gasteiger partial charge on any atom is 0.326 e. The first kappa shape index (κ1) is 18.7. The molecule has 1 atom stereocenters. The Bertz CT molecular complexity index is 441. The molecule has 0 rings (SSSR count). The van der Waals surface area contributed by atoms with E-state index in [2.05, 4.69) is 23.3 Å². The van der Waals surface area contributed by atoms with Crippen molar-refractivity contribution in [2.75, 3.05) is 18.8 Å². The molecule has 4 amide bonds. The summed E-state index contributed by atoms with van der Waals surface area (Å²) in [6, 6.07) is -1.46. The number of carboxylic acids is 1. The summed E-state index contributed by atoms with van der Waals surface area (Å²) in [5.41, 5.74) is 4.84. The molecule has 0 aromatic heterocycles. The number of nitrogens with two attached hydrogens (primary N) is 1. The van der Waals surface area contributed by atoms with Crippen molar-refractivity contribution in [1.82, 2.24) is 16.0 Å². The van der Waals surface area contributed by atoms with Crippen molar-refractivity contribution in [2.24, 2.45) is 5.73 Å². The summed E-state index contributed by atoms with van der Waals surface area (Å²) < 4.78 is 0. The molecule has 0 aromatic carbocycles. The molecule has 0 bridgehead atoms. The van der Waals surface area contributed by atoms with Crippen LogP contribution in [0, 0.1) is 0 Å². The number of hydrogen-bond acceptors (Lipinski definition) is 6. The number of nitrogens with one attached hydrogen (secondary N) is 3. The zero-order valence-electron chi connectivity index (χ0n) is 10.9. The van der Waals surface area contributed by atoms with E-state index in [1.54, 1.807) is 0 Å². The van der Waals surface area contributed by atoms with Crippen LogP contribution in [0.4, 0.5) is 0 Å². The lowest BCUT2D eigenvalue weighted by Gasteiger charge is -2.13. The smallest absolute Gasteiger partial charge is 0.326 e. The summed E-state index contributed by atoms with van der Waals surface area (Å²) in [5.74, 6) is -4.29. The lowest BCUT2D eigenvalue weighted by Crippen LogP contribution is -2.48. The fourth-order valence-electron chi connectivity index (χ4n) is 1.12. The van der Waals surface area contributed by atoms with Crippen molar-refractivity contribution >= 4 is 42.2 Å². The Morgan fingerprint density at radius 1 is 1.00 bits per heavy atom. The number of carboxylic acid groups (broad SMARTS) is 1. The summed E-state index contributed by atoms with van der Waals surface area (Å²) in [5, 5.41) is 15.2. The van der Waals surface area contributed by atoms with Crippen LogP contribution in [0.15, 0.2) is 0 Å². The van der Waals surface area contributed by atoms with Crippen molar-refractivity contribution in [2.45, 2.75) is 12.5 Å². The fraction of sp³-hybridized carbons (Fsp3) is 0.500. The van der Waals surface area contributed by atoms with Gasteiger partial charge in [0, 0.05) is 0 Å². The van der Waals surface area contributed by atoms with Gasteiger partial charge in [0.25, 0.3) is 0 Å². The fourth-order valence-corrected chi connectivity index (χ4v) is 1.23. The molecule has 11 heteroatoms. The van der Waals surface area contributed by atoms with Gasteiger partial charge < -0.3 is 26.8 Å². The van der Waals surface area contributed by atoms with Gasteiger partial charge in [-0.1, -0.05) is 0 Å². The van der Waals surface area contributed by atoms with Gasteiger partial charge in [-0.05, 0) is 0 Å². The summed E-state index contributed by atoms with van der Waals surface area (Å²) in [7, 11) is 0. The van der Waals surface area contributed by atoms with Crippen LogP contribution in [-0.2, 0) is 24.0 Å². The summed E-state index contributed by atoms with van der Waals surface area (Å²) >= 11 is 3.69. The highest BCUT2D eigenvalue weighted by Crippen LogP contribution is 1.91. The molecule has 0 fully saturated rings. The van der Waals surface area contributed by atoms with Gasteiger partial charge in [0.05, 0.1) is 25.3 Å². The molecular weight excluding hydrogens is 304 g/mol. The third kappa shape index (κ3) is 9.27. The average Bonchev–Trinajstić information content (AvgIpc) is 2.41. The summed E-state index contributed by atoms with van der Waals surface area (Å²) in [6.07, 6.45) is -0.562. The summed E-state index contributed by atoms with van der Waals surface area (Å²) in [4.78, 5) is 54.8. The van der Waals surface area contributed by atoms with E-state index in [9.17, 15) is 24.0 Å². The Labute approximate surface area is 125 Å². The van der Waals surface area contributed by atoms with Gasteiger partial charge >= 0.3 is 5.97 Å². The number of primary amides is 1. The van der Waals surface area contributed by atoms with E-state index in [0.717, 1.165) is 0 Å². The minimum Gasteiger partial charge on any atom is -0.480 e. The van der Waals surface area contributed by atoms with Crippen LogP contribution in [0.2, 0.25) is 0 Å². The molecule has 6 N–H and O–H groups in total. The van der Waals surface area contributed by atoms with Crippen molar-refractivity contribution in [1.29, 1.82) is 0 Å². The topological polar surface area (TPSA) is 168 Å². The quantitative estimate of drug-likeness (QED) is 0.242. The van der Waals surface area contributed by atoms with Crippen LogP contribution >= 0.6 is 12.6 Å². The largest absolute Gasteiger partial charge is 0.480 e. The second kappa shape index (κ2) is 9.58. The zero-order valence-corrected chi connectivity index (χ0v) is 11.8. The van der Waals surface area contributed by atoms with Crippen molar-refractivity contribution in [3.05, 3.63) is 0 Å². The molecule has 0 unspecified atom stereocenters. The van der Waals surface area contributed by atoms with E-state index in [4.69, 9.17) is 10.8 Å². The van der Waals surface area contributed by atoms with Gasteiger partial charge in [-0.15, -0.1) is 0 Å². The number of amides is 4. The zero-order chi connectivity index (χ0) is 16.4. The van der Waals surface area contributed by atoms with Crippen LogP contribution in [-0.4, -0.2) is 59.6 Å². The number of carbonyl (C=O) groups excluding carboxylic acids is 4. The Hall–Kier alpha value is -2.30. The van der Waals surface area contributed by atoms with Crippen molar-refractivity contribution in [3.63, 3.8) is 0 Å². The number of hydrogen-bond donors (Lipinski definition) is 6. The van der Waals surface area contributed by atoms with Gasteiger partial charge in [-0.25, -0.2) is 4.79 Å². The maximum atomic E-state index is 11.4. The van der Waals surface area contributed by atoms with Crippen LogP contribution in [0.3, 0.4) is 0 Å². The molecule has 0 saturated carbocycles. The number of rotatable bonds is 9. The Balaban J connectivity index is 4.12. The van der Waals surface area contributed by atoms with Crippen LogP contribution in [0.25, 0.3) is 0 Å². The lowest BCUT2D eigenvalue weighted by atomic mass is 10.2. The molecular formula is C10H16N4O6S. The predicted molar refractivity (Wildman–Crippen MR) is 73.3 cm³/mol. The number of thiol groups is 1. The molecule has 0 aromatic rings. The molecule has 10 nitrogen and oxygen atoms in total. The minimum atomic E-state index is -1.46. The van der Waals surface area contributed by atoms with Crippen molar-refractivity contribution < 1.29 is 29.1 Å². The van der Waals surface area contributed by atoms with Crippen molar-refractivity contribution in [3.8, 4) is 0 Å². The summed E-state index contributed by atoms with van der Waals surface area (Å²) in [6.45, 7) is -0.839. The van der Waals surface area contributed by atoms with Gasteiger partial charge in [-0.2, -0.15) is 12.6 Å². The molecule has 0 heterocycles. The highest BCUT2D eigenvalue weighted by atomic mass is 32.1. The van der Waals surface area contributed by atoms with E-state index in [0.29, 0.717) is 0 Å². The molecule has 0 radical (unpaired) electrons. The van der Waals surface area contributed by atoms with Gasteiger partial charge in [0.15, 0.2) is 0 Å². The molecule has 0 aliphatic heterocycles. The van der Waals surface area contributed by atoms with Crippen LogP contribution in [0.5, 0.6) is 0 Å². The predicted octanol–water partition coefficient (Wildman–Crippen LogP) is -3.41. The lowest BCUT2D eigenvalue weighted by molar-refractivity contribution is -0.143. The third-order valence-electron chi connectivity index (χ3n) is 2.07. The first-order chi connectivity index (χ1) is 9.76. The second-order valence-corrected chi connectivity index (χ2v) is 4.16. The maximum absolute atomic E-state index is 11.4. The Morgan fingerprint density at radius 2 is 1.52 bits per heavy atom. The Morgan fingerprint density at radius 3 is 2.00 bits per heavy atom.